The zero-order chi connectivity index (χ0) is 14.4. The summed E-state index contributed by atoms with van der Waals surface area (Å²) in [7, 11) is 3.33. The van der Waals surface area contributed by atoms with Gasteiger partial charge in [0.2, 0.25) is 0 Å². The molecule has 1 atom stereocenters. The molecule has 1 aromatic rings. The zero-order valence-corrected chi connectivity index (χ0v) is 12.6. The molecular formula is C16H26N2O2. The monoisotopic (exact) mass is 278 g/mol. The van der Waals surface area contributed by atoms with Crippen LogP contribution in [0.5, 0.6) is 11.5 Å². The molecule has 1 aromatic carbocycles. The van der Waals surface area contributed by atoms with Gasteiger partial charge in [0.05, 0.1) is 14.2 Å². The molecule has 0 bridgehead atoms. The van der Waals surface area contributed by atoms with E-state index < -0.39 is 0 Å². The van der Waals surface area contributed by atoms with Gasteiger partial charge in [0.25, 0.3) is 0 Å². The van der Waals surface area contributed by atoms with Gasteiger partial charge in [-0.2, -0.15) is 0 Å². The minimum atomic E-state index is 0.271. The van der Waals surface area contributed by atoms with Crippen molar-refractivity contribution in [3.8, 4) is 11.5 Å². The molecule has 1 aliphatic rings. The maximum Gasteiger partial charge on any atom is 0.161 e. The lowest BCUT2D eigenvalue weighted by Crippen LogP contribution is -2.34. The maximum atomic E-state index is 6.04. The Hall–Kier alpha value is -1.26. The van der Waals surface area contributed by atoms with E-state index >= 15 is 0 Å². The zero-order valence-electron chi connectivity index (χ0n) is 12.6. The Balaban J connectivity index is 2.21. The van der Waals surface area contributed by atoms with E-state index in [0.29, 0.717) is 6.54 Å². The summed E-state index contributed by atoms with van der Waals surface area (Å²) < 4.78 is 10.7. The lowest BCUT2D eigenvalue weighted by molar-refractivity contribution is 0.209. The van der Waals surface area contributed by atoms with Crippen molar-refractivity contribution in [1.29, 1.82) is 0 Å². The Bertz CT molecular complexity index is 415. The quantitative estimate of drug-likeness (QED) is 0.899. The highest BCUT2D eigenvalue weighted by Gasteiger charge is 2.21. The third kappa shape index (κ3) is 3.44. The van der Waals surface area contributed by atoms with Gasteiger partial charge in [-0.1, -0.05) is 18.9 Å². The second-order valence-electron chi connectivity index (χ2n) is 5.32. The molecule has 4 nitrogen and oxygen atoms in total. The van der Waals surface area contributed by atoms with E-state index in [2.05, 4.69) is 17.0 Å². The highest BCUT2D eigenvalue weighted by molar-refractivity contribution is 5.43. The van der Waals surface area contributed by atoms with Crippen LogP contribution < -0.4 is 15.2 Å². The van der Waals surface area contributed by atoms with Gasteiger partial charge in [-0.3, -0.25) is 4.90 Å². The van der Waals surface area contributed by atoms with Crippen molar-refractivity contribution in [2.75, 3.05) is 33.9 Å². The number of methoxy groups -OCH3 is 2. The van der Waals surface area contributed by atoms with Crippen LogP contribution in [0.1, 0.15) is 37.3 Å². The third-order valence-corrected chi connectivity index (χ3v) is 4.10. The van der Waals surface area contributed by atoms with Crippen LogP contribution in [0.2, 0.25) is 0 Å². The molecule has 0 unspecified atom stereocenters. The van der Waals surface area contributed by atoms with Crippen LogP contribution >= 0.6 is 0 Å². The summed E-state index contributed by atoms with van der Waals surface area (Å²) in [5.41, 5.74) is 7.25. The Kier molecular flexibility index (Phi) is 5.68. The van der Waals surface area contributed by atoms with Gasteiger partial charge in [-0.05, 0) is 43.6 Å². The first-order valence-electron chi connectivity index (χ1n) is 7.46. The molecule has 0 saturated carbocycles. The average Bonchev–Trinajstić information content (AvgIpc) is 2.77. The molecule has 20 heavy (non-hydrogen) atoms. The van der Waals surface area contributed by atoms with Crippen LogP contribution in [0.15, 0.2) is 18.2 Å². The number of rotatable bonds is 5. The minimum Gasteiger partial charge on any atom is -0.493 e. The van der Waals surface area contributed by atoms with E-state index in [0.717, 1.165) is 24.6 Å². The van der Waals surface area contributed by atoms with Crippen LogP contribution in [0, 0.1) is 0 Å². The van der Waals surface area contributed by atoms with E-state index in [-0.39, 0.29) is 6.04 Å². The topological polar surface area (TPSA) is 47.7 Å². The van der Waals surface area contributed by atoms with E-state index in [9.17, 15) is 0 Å². The second kappa shape index (κ2) is 7.50. The normalized spacial score (nSPS) is 18.4. The van der Waals surface area contributed by atoms with E-state index in [1.54, 1.807) is 14.2 Å². The van der Waals surface area contributed by atoms with Crippen LogP contribution in [0.4, 0.5) is 0 Å². The molecule has 0 aromatic heterocycles. The van der Waals surface area contributed by atoms with Gasteiger partial charge in [-0.25, -0.2) is 0 Å². The fraction of sp³-hybridized carbons (Fsp3) is 0.625. The molecule has 112 valence electrons. The Morgan fingerprint density at radius 1 is 1.05 bits per heavy atom. The van der Waals surface area contributed by atoms with Crippen molar-refractivity contribution in [2.45, 2.75) is 31.7 Å². The molecule has 2 rings (SSSR count). The smallest absolute Gasteiger partial charge is 0.161 e. The highest BCUT2D eigenvalue weighted by Crippen LogP contribution is 2.32. The summed E-state index contributed by atoms with van der Waals surface area (Å²) >= 11 is 0. The summed E-state index contributed by atoms with van der Waals surface area (Å²) in [6.45, 7) is 2.90. The van der Waals surface area contributed by atoms with Crippen molar-refractivity contribution in [1.82, 2.24) is 4.90 Å². The first-order valence-corrected chi connectivity index (χ1v) is 7.46. The number of likely N-dealkylation sites (tertiary alicyclic amines) is 1. The molecule has 1 saturated heterocycles. The summed E-state index contributed by atoms with van der Waals surface area (Å²) in [5.74, 6) is 1.54. The van der Waals surface area contributed by atoms with Crippen molar-refractivity contribution in [2.24, 2.45) is 5.73 Å². The van der Waals surface area contributed by atoms with Gasteiger partial charge in [0.1, 0.15) is 0 Å². The number of hydrogen-bond acceptors (Lipinski definition) is 4. The van der Waals surface area contributed by atoms with Crippen LogP contribution in [0.3, 0.4) is 0 Å². The molecule has 1 aliphatic heterocycles. The predicted octanol–water partition coefficient (Wildman–Crippen LogP) is 2.58. The van der Waals surface area contributed by atoms with Crippen molar-refractivity contribution in [3.63, 3.8) is 0 Å². The third-order valence-electron chi connectivity index (χ3n) is 4.10. The van der Waals surface area contributed by atoms with Crippen molar-refractivity contribution < 1.29 is 9.47 Å². The van der Waals surface area contributed by atoms with Gasteiger partial charge in [0, 0.05) is 12.6 Å². The highest BCUT2D eigenvalue weighted by atomic mass is 16.5. The molecule has 1 fully saturated rings. The number of nitrogens with two attached hydrogens (primary N) is 1. The molecule has 4 heteroatoms. The standard InChI is InChI=1S/C16H26N2O2/c1-19-15-8-7-13(11-16(15)20-2)14(12-17)18-9-5-3-4-6-10-18/h7-8,11,14H,3-6,9-10,12,17H2,1-2H3/t14-/m0/s1. The fourth-order valence-electron chi connectivity index (χ4n) is 2.96. The van der Waals surface area contributed by atoms with Gasteiger partial charge in [-0.15, -0.1) is 0 Å². The first-order chi connectivity index (χ1) is 9.80. The maximum absolute atomic E-state index is 6.04. The molecule has 1 heterocycles. The Morgan fingerprint density at radius 2 is 1.70 bits per heavy atom. The molecule has 0 aliphatic carbocycles. The first kappa shape index (κ1) is 15.1. The number of hydrogen-bond donors (Lipinski definition) is 1. The van der Waals surface area contributed by atoms with Crippen molar-refractivity contribution in [3.05, 3.63) is 23.8 Å². The van der Waals surface area contributed by atoms with Crippen molar-refractivity contribution >= 4 is 0 Å². The summed E-state index contributed by atoms with van der Waals surface area (Å²) in [6, 6.07) is 6.40. The van der Waals surface area contributed by atoms with Gasteiger partial charge in [0.15, 0.2) is 11.5 Å². The predicted molar refractivity (Wildman–Crippen MR) is 81.4 cm³/mol. The summed E-state index contributed by atoms with van der Waals surface area (Å²) in [5, 5.41) is 0. The van der Waals surface area contributed by atoms with Crippen LogP contribution in [-0.2, 0) is 0 Å². The molecule has 0 radical (unpaired) electrons. The minimum absolute atomic E-state index is 0.271. The van der Waals surface area contributed by atoms with E-state index in [1.165, 1.54) is 31.2 Å². The van der Waals surface area contributed by atoms with E-state index in [1.807, 2.05) is 6.07 Å². The fourth-order valence-corrected chi connectivity index (χ4v) is 2.96. The van der Waals surface area contributed by atoms with E-state index in [4.69, 9.17) is 15.2 Å². The summed E-state index contributed by atoms with van der Waals surface area (Å²) in [4.78, 5) is 2.51. The molecular weight excluding hydrogens is 252 g/mol. The number of benzene rings is 1. The van der Waals surface area contributed by atoms with Crippen LogP contribution in [-0.4, -0.2) is 38.8 Å². The average molecular weight is 278 g/mol. The Morgan fingerprint density at radius 3 is 2.25 bits per heavy atom. The number of nitrogens with zero attached hydrogens (tertiary/aromatic N) is 1. The summed E-state index contributed by atoms with van der Waals surface area (Å²) in [6.07, 6.45) is 5.20. The lowest BCUT2D eigenvalue weighted by atomic mass is 10.0. The molecule has 2 N–H and O–H groups in total. The number of ether oxygens (including phenoxy) is 2. The SMILES string of the molecule is COc1ccc([C@H](CN)N2CCCCCC2)cc1OC. The second-order valence-corrected chi connectivity index (χ2v) is 5.32. The Labute approximate surface area is 121 Å². The largest absolute Gasteiger partial charge is 0.493 e. The molecule has 0 spiro atoms. The van der Waals surface area contributed by atoms with Crippen LogP contribution in [0.25, 0.3) is 0 Å². The van der Waals surface area contributed by atoms with Gasteiger partial charge < -0.3 is 15.2 Å². The lowest BCUT2D eigenvalue weighted by Gasteiger charge is -2.30. The van der Waals surface area contributed by atoms with Gasteiger partial charge >= 0.3 is 0 Å². The molecule has 0 amide bonds.